The fourth-order valence-electron chi connectivity index (χ4n) is 3.11. The second-order valence-electron chi connectivity index (χ2n) is 6.92. The lowest BCUT2D eigenvalue weighted by atomic mass is 10.1. The molecule has 1 amide bonds. The van der Waals surface area contributed by atoms with Crippen LogP contribution < -0.4 is 15.6 Å². The van der Waals surface area contributed by atoms with E-state index in [-0.39, 0.29) is 24.4 Å². The van der Waals surface area contributed by atoms with Gasteiger partial charge in [-0.3, -0.25) is 14.2 Å². The van der Waals surface area contributed by atoms with E-state index in [1.807, 2.05) is 0 Å². The first-order valence-electron chi connectivity index (χ1n) is 9.49. The van der Waals surface area contributed by atoms with E-state index in [9.17, 15) is 45.6 Å². The number of thiophene rings is 1. The molecule has 0 spiro atoms. The molecule has 3 aromatic rings. The summed E-state index contributed by atoms with van der Waals surface area (Å²) in [7, 11) is -3.73. The van der Waals surface area contributed by atoms with Crippen LogP contribution in [-0.4, -0.2) is 29.2 Å². The first-order chi connectivity index (χ1) is 16.2. The molecule has 35 heavy (non-hydrogen) atoms. The molecule has 0 saturated carbocycles. The summed E-state index contributed by atoms with van der Waals surface area (Å²) >= 11 is 0.881. The fraction of sp³-hybridized carbons (Fsp3) is 0.200. The molecule has 1 aromatic carbocycles. The zero-order valence-corrected chi connectivity index (χ0v) is 19.5. The molecule has 2 aromatic heterocycles. The molecule has 0 aliphatic carbocycles. The Morgan fingerprint density at radius 2 is 1.89 bits per heavy atom. The molecule has 0 fully saturated rings. The SMILES string of the molecule is CCS(=O)(=O)N(C(=O)c1cccs1)c1cc(-n2c(=O)cc(C(F)(F)F)n(C)c2=O)c(F)cc1C#N. The van der Waals surface area contributed by atoms with Crippen molar-refractivity contribution in [3.63, 3.8) is 0 Å². The lowest BCUT2D eigenvalue weighted by molar-refractivity contribution is -0.144. The lowest BCUT2D eigenvalue weighted by Gasteiger charge is -2.23. The Hall–Kier alpha value is -3.77. The van der Waals surface area contributed by atoms with Gasteiger partial charge in [0.15, 0.2) is 0 Å². The Kier molecular flexibility index (Phi) is 6.73. The molecular weight excluding hydrogens is 516 g/mol. The number of anilines is 1. The second-order valence-corrected chi connectivity index (χ2v) is 9.98. The van der Waals surface area contributed by atoms with E-state index in [0.29, 0.717) is 19.2 Å². The second kappa shape index (κ2) is 9.12. The molecule has 0 unspecified atom stereocenters. The minimum Gasteiger partial charge on any atom is -0.292 e. The average molecular weight is 530 g/mol. The van der Waals surface area contributed by atoms with Crippen LogP contribution in [0.2, 0.25) is 0 Å². The largest absolute Gasteiger partial charge is 0.431 e. The van der Waals surface area contributed by atoms with E-state index < -0.39 is 67.6 Å². The Morgan fingerprint density at radius 1 is 1.23 bits per heavy atom. The topological polar surface area (TPSA) is 122 Å². The van der Waals surface area contributed by atoms with Gasteiger partial charge in [0.2, 0.25) is 10.0 Å². The first-order valence-corrected chi connectivity index (χ1v) is 12.0. The highest BCUT2D eigenvalue weighted by molar-refractivity contribution is 7.93. The number of benzene rings is 1. The van der Waals surface area contributed by atoms with Gasteiger partial charge in [-0.05, 0) is 30.5 Å². The van der Waals surface area contributed by atoms with Crippen LogP contribution in [-0.2, 0) is 23.2 Å². The van der Waals surface area contributed by atoms with Crippen LogP contribution in [0, 0.1) is 17.1 Å². The quantitative estimate of drug-likeness (QED) is 0.468. The molecule has 9 nitrogen and oxygen atoms in total. The third kappa shape index (κ3) is 4.62. The Balaban J connectivity index is 2.39. The monoisotopic (exact) mass is 530 g/mol. The zero-order chi connectivity index (χ0) is 26.3. The minimum absolute atomic E-state index is 0.0432. The van der Waals surface area contributed by atoms with Crippen molar-refractivity contribution in [1.29, 1.82) is 5.26 Å². The molecule has 0 radical (unpaired) electrons. The van der Waals surface area contributed by atoms with Crippen molar-refractivity contribution in [1.82, 2.24) is 9.13 Å². The molecule has 0 bridgehead atoms. The summed E-state index contributed by atoms with van der Waals surface area (Å²) in [6, 6.07) is 5.44. The molecule has 2 heterocycles. The van der Waals surface area contributed by atoms with Crippen molar-refractivity contribution in [3.05, 3.63) is 78.5 Å². The molecule has 0 N–H and O–H groups in total. The van der Waals surface area contributed by atoms with Crippen molar-refractivity contribution >= 4 is 33.0 Å². The van der Waals surface area contributed by atoms with Crippen LogP contribution in [0.1, 0.15) is 27.9 Å². The molecule has 0 saturated heterocycles. The number of nitriles is 1. The van der Waals surface area contributed by atoms with Gasteiger partial charge in [-0.2, -0.15) is 18.4 Å². The minimum atomic E-state index is -5.07. The Labute approximate surface area is 198 Å². The van der Waals surface area contributed by atoms with Crippen LogP contribution in [0.4, 0.5) is 23.2 Å². The van der Waals surface area contributed by atoms with E-state index in [2.05, 4.69) is 0 Å². The van der Waals surface area contributed by atoms with Crippen molar-refractivity contribution in [2.45, 2.75) is 13.1 Å². The molecule has 0 aliphatic heterocycles. The summed E-state index contributed by atoms with van der Waals surface area (Å²) in [5.74, 6) is -3.10. The highest BCUT2D eigenvalue weighted by atomic mass is 32.2. The van der Waals surface area contributed by atoms with E-state index in [1.54, 1.807) is 6.07 Å². The predicted octanol–water partition coefficient (Wildman–Crippen LogP) is 2.62. The fourth-order valence-corrected chi connectivity index (χ4v) is 4.88. The van der Waals surface area contributed by atoms with Gasteiger partial charge in [-0.1, -0.05) is 6.07 Å². The summed E-state index contributed by atoms with van der Waals surface area (Å²) in [6.45, 7) is 1.20. The summed E-state index contributed by atoms with van der Waals surface area (Å²) in [5.41, 5.74) is -7.02. The highest BCUT2D eigenvalue weighted by Crippen LogP contribution is 2.31. The molecular formula is C20H14F4N4O5S2. The zero-order valence-electron chi connectivity index (χ0n) is 17.8. The third-order valence-corrected chi connectivity index (χ3v) is 7.32. The number of carbonyl (C=O) groups excluding carboxylic acids is 1. The predicted molar refractivity (Wildman–Crippen MR) is 118 cm³/mol. The Bertz CT molecular complexity index is 1580. The van der Waals surface area contributed by atoms with E-state index in [0.717, 1.165) is 11.3 Å². The molecule has 3 rings (SSSR count). The van der Waals surface area contributed by atoms with E-state index >= 15 is 0 Å². The van der Waals surface area contributed by atoms with Gasteiger partial charge in [0, 0.05) is 13.1 Å². The number of halogens is 4. The van der Waals surface area contributed by atoms with Crippen LogP contribution in [0.25, 0.3) is 5.69 Å². The number of aromatic nitrogens is 2. The van der Waals surface area contributed by atoms with E-state index in [4.69, 9.17) is 0 Å². The Morgan fingerprint density at radius 3 is 2.40 bits per heavy atom. The van der Waals surface area contributed by atoms with Gasteiger partial charge in [-0.15, -0.1) is 11.3 Å². The normalized spacial score (nSPS) is 11.8. The van der Waals surface area contributed by atoms with Gasteiger partial charge in [0.05, 0.1) is 27.6 Å². The van der Waals surface area contributed by atoms with Crippen LogP contribution in [0.15, 0.2) is 45.3 Å². The number of amides is 1. The molecule has 184 valence electrons. The molecule has 15 heteroatoms. The van der Waals surface area contributed by atoms with Crippen LogP contribution >= 0.6 is 11.3 Å². The highest BCUT2D eigenvalue weighted by Gasteiger charge is 2.36. The number of sulfonamides is 1. The first kappa shape index (κ1) is 25.8. The van der Waals surface area contributed by atoms with Crippen LogP contribution in [0.3, 0.4) is 0 Å². The van der Waals surface area contributed by atoms with Crippen molar-refractivity contribution in [3.8, 4) is 11.8 Å². The summed E-state index contributed by atoms with van der Waals surface area (Å²) in [6.07, 6.45) is -5.07. The van der Waals surface area contributed by atoms with Crippen molar-refractivity contribution < 1.29 is 30.8 Å². The maximum absolute atomic E-state index is 14.9. The standard InChI is InChI=1S/C20H14F4N4O5S2/c1-3-35(32,33)28(18(30)15-5-4-6-34-15)13-8-14(12(21)7-11(13)10-25)27-17(29)9-16(20(22,23)24)26(2)19(27)31/h4-9H,3H2,1-2H3. The van der Waals surface area contributed by atoms with E-state index in [1.165, 1.54) is 24.4 Å². The van der Waals surface area contributed by atoms with Crippen molar-refractivity contribution in [2.24, 2.45) is 7.05 Å². The average Bonchev–Trinajstić information content (AvgIpc) is 3.32. The van der Waals surface area contributed by atoms with Gasteiger partial charge >= 0.3 is 11.9 Å². The maximum atomic E-state index is 14.9. The van der Waals surface area contributed by atoms with Gasteiger partial charge < -0.3 is 0 Å². The van der Waals surface area contributed by atoms with Gasteiger partial charge in [0.25, 0.3) is 11.5 Å². The number of hydrogen-bond donors (Lipinski definition) is 0. The molecule has 0 atom stereocenters. The number of rotatable bonds is 5. The summed E-state index contributed by atoms with van der Waals surface area (Å²) in [4.78, 5) is 38.1. The summed E-state index contributed by atoms with van der Waals surface area (Å²) in [5, 5.41) is 11.0. The number of nitrogens with zero attached hydrogens (tertiary/aromatic N) is 4. The smallest absolute Gasteiger partial charge is 0.292 e. The molecule has 0 aliphatic rings. The summed E-state index contributed by atoms with van der Waals surface area (Å²) < 4.78 is 80.4. The number of alkyl halides is 3. The number of hydrogen-bond acceptors (Lipinski definition) is 7. The maximum Gasteiger partial charge on any atom is 0.431 e. The number of carbonyl (C=O) groups is 1. The lowest BCUT2D eigenvalue weighted by Crippen LogP contribution is -2.41. The van der Waals surface area contributed by atoms with Gasteiger partial charge in [0.1, 0.15) is 17.6 Å². The third-order valence-electron chi connectivity index (χ3n) is 4.82. The van der Waals surface area contributed by atoms with Gasteiger partial charge in [-0.25, -0.2) is 26.5 Å². The van der Waals surface area contributed by atoms with Crippen molar-refractivity contribution in [2.75, 3.05) is 10.1 Å². The van der Waals surface area contributed by atoms with Crippen LogP contribution in [0.5, 0.6) is 0 Å².